The minimum absolute atomic E-state index is 0.127. The van der Waals surface area contributed by atoms with Gasteiger partial charge in [0.15, 0.2) is 0 Å². The zero-order valence-electron chi connectivity index (χ0n) is 11.2. The predicted molar refractivity (Wildman–Crippen MR) is 75.5 cm³/mol. The van der Waals surface area contributed by atoms with Gasteiger partial charge in [0.2, 0.25) is 0 Å². The molecule has 2 heterocycles. The maximum absolute atomic E-state index is 11.4. The van der Waals surface area contributed by atoms with Gasteiger partial charge in [-0.15, -0.1) is 11.3 Å². The summed E-state index contributed by atoms with van der Waals surface area (Å²) in [5.74, 6) is 4.91. The van der Waals surface area contributed by atoms with E-state index in [0.717, 1.165) is 32.5 Å². The minimum atomic E-state index is -0.379. The maximum Gasteiger partial charge on any atom is 0.263 e. The molecule has 19 heavy (non-hydrogen) atoms. The first-order valence-electron chi connectivity index (χ1n) is 6.63. The average Bonchev–Trinajstić information content (AvgIpc) is 3.08. The molecule has 2 unspecified atom stereocenters. The van der Waals surface area contributed by atoms with Crippen LogP contribution in [0.1, 0.15) is 24.6 Å². The molecule has 0 bridgehead atoms. The summed E-state index contributed by atoms with van der Waals surface area (Å²) >= 11 is 1.77. The van der Waals surface area contributed by atoms with Crippen LogP contribution in [0.15, 0.2) is 17.5 Å². The summed E-state index contributed by atoms with van der Waals surface area (Å²) in [6, 6.07) is 4.22. The number of nitrogens with two attached hydrogens (primary N) is 1. The number of carbonyl (C=O) groups is 1. The van der Waals surface area contributed by atoms with Crippen LogP contribution in [0.25, 0.3) is 0 Å². The first-order chi connectivity index (χ1) is 9.22. The third kappa shape index (κ3) is 4.01. The Kier molecular flexibility index (Phi) is 5.33. The molecule has 5 nitrogen and oxygen atoms in total. The number of hydrazine groups is 1. The van der Waals surface area contributed by atoms with E-state index >= 15 is 0 Å². The molecule has 0 spiro atoms. The fraction of sp³-hybridized carbons (Fsp3) is 0.615. The lowest BCUT2D eigenvalue weighted by Gasteiger charge is -2.23. The van der Waals surface area contributed by atoms with Crippen molar-refractivity contribution in [2.24, 2.45) is 5.84 Å². The smallest absolute Gasteiger partial charge is 0.263 e. The van der Waals surface area contributed by atoms with Gasteiger partial charge in [0.25, 0.3) is 5.91 Å². The molecule has 1 aromatic rings. The Bertz CT molecular complexity index is 397. The van der Waals surface area contributed by atoms with Gasteiger partial charge in [-0.05, 0) is 30.8 Å². The standard InChI is InChI=1S/C13H21N3O2S/c1-2-16(9-11-4-3-7-19-11)8-10-5-6-12(18-10)13(17)15-14/h3-4,7,10,12H,2,5-6,8-9,14H2,1H3,(H,15,17). The second kappa shape index (κ2) is 7.00. The number of carbonyl (C=O) groups excluding carboxylic acids is 1. The molecular formula is C13H21N3O2S. The van der Waals surface area contributed by atoms with Crippen molar-refractivity contribution in [3.05, 3.63) is 22.4 Å². The van der Waals surface area contributed by atoms with Gasteiger partial charge in [0.1, 0.15) is 6.10 Å². The Morgan fingerprint density at radius 3 is 3.11 bits per heavy atom. The second-order valence-corrected chi connectivity index (χ2v) is 5.77. The summed E-state index contributed by atoms with van der Waals surface area (Å²) in [4.78, 5) is 15.1. The number of hydrogen-bond acceptors (Lipinski definition) is 5. The highest BCUT2D eigenvalue weighted by Crippen LogP contribution is 2.21. The SMILES string of the molecule is CCN(Cc1cccs1)CC1CCC(C(=O)NN)O1. The van der Waals surface area contributed by atoms with Crippen molar-refractivity contribution < 1.29 is 9.53 Å². The van der Waals surface area contributed by atoms with Crippen molar-refractivity contribution in [1.29, 1.82) is 0 Å². The van der Waals surface area contributed by atoms with Crippen LogP contribution in [-0.2, 0) is 16.1 Å². The minimum Gasteiger partial charge on any atom is -0.364 e. The quantitative estimate of drug-likeness (QED) is 0.466. The van der Waals surface area contributed by atoms with Gasteiger partial charge in [-0.1, -0.05) is 13.0 Å². The predicted octanol–water partition coefficient (Wildman–Crippen LogP) is 1.11. The van der Waals surface area contributed by atoms with Crippen LogP contribution < -0.4 is 11.3 Å². The molecule has 1 aliphatic rings. The Morgan fingerprint density at radius 1 is 1.63 bits per heavy atom. The van der Waals surface area contributed by atoms with E-state index in [1.54, 1.807) is 11.3 Å². The van der Waals surface area contributed by atoms with Gasteiger partial charge in [0, 0.05) is 18.0 Å². The molecule has 0 aromatic carbocycles. The van der Waals surface area contributed by atoms with E-state index in [4.69, 9.17) is 10.6 Å². The van der Waals surface area contributed by atoms with Crippen LogP contribution >= 0.6 is 11.3 Å². The van der Waals surface area contributed by atoms with E-state index in [-0.39, 0.29) is 18.1 Å². The zero-order valence-corrected chi connectivity index (χ0v) is 12.0. The highest BCUT2D eigenvalue weighted by Gasteiger charge is 2.31. The van der Waals surface area contributed by atoms with Crippen LogP contribution in [-0.4, -0.2) is 36.1 Å². The Hall–Kier alpha value is -0.950. The molecule has 1 saturated heterocycles. The monoisotopic (exact) mass is 283 g/mol. The lowest BCUT2D eigenvalue weighted by Crippen LogP contribution is -2.40. The molecule has 1 fully saturated rings. The number of likely N-dealkylation sites (N-methyl/N-ethyl adjacent to an activating group) is 1. The molecular weight excluding hydrogens is 262 g/mol. The highest BCUT2D eigenvalue weighted by atomic mass is 32.1. The number of hydrogen-bond donors (Lipinski definition) is 2. The van der Waals surface area contributed by atoms with Gasteiger partial charge >= 0.3 is 0 Å². The van der Waals surface area contributed by atoms with E-state index in [0.29, 0.717) is 0 Å². The van der Waals surface area contributed by atoms with Crippen molar-refractivity contribution in [3.63, 3.8) is 0 Å². The largest absolute Gasteiger partial charge is 0.364 e. The summed E-state index contributed by atoms with van der Waals surface area (Å²) in [6.07, 6.45) is 1.42. The van der Waals surface area contributed by atoms with E-state index in [2.05, 4.69) is 34.8 Å². The molecule has 0 aliphatic carbocycles. The Labute approximate surface area is 117 Å². The van der Waals surface area contributed by atoms with Crippen LogP contribution in [0, 0.1) is 0 Å². The van der Waals surface area contributed by atoms with E-state index in [1.807, 2.05) is 0 Å². The van der Waals surface area contributed by atoms with Gasteiger partial charge in [0.05, 0.1) is 6.10 Å². The number of rotatable bonds is 6. The summed E-state index contributed by atoms with van der Waals surface area (Å²) < 4.78 is 5.74. The summed E-state index contributed by atoms with van der Waals surface area (Å²) in [5, 5.41) is 2.09. The lowest BCUT2D eigenvalue weighted by molar-refractivity contribution is -0.132. The maximum atomic E-state index is 11.4. The molecule has 0 saturated carbocycles. The van der Waals surface area contributed by atoms with Gasteiger partial charge < -0.3 is 4.74 Å². The van der Waals surface area contributed by atoms with Crippen LogP contribution in [0.4, 0.5) is 0 Å². The molecule has 1 aromatic heterocycles. The van der Waals surface area contributed by atoms with Crippen molar-refractivity contribution in [2.75, 3.05) is 13.1 Å². The van der Waals surface area contributed by atoms with Crippen LogP contribution in [0.2, 0.25) is 0 Å². The van der Waals surface area contributed by atoms with Crippen LogP contribution in [0.3, 0.4) is 0 Å². The van der Waals surface area contributed by atoms with Crippen molar-refractivity contribution >= 4 is 17.2 Å². The number of amides is 1. The average molecular weight is 283 g/mol. The number of thiophene rings is 1. The molecule has 106 valence electrons. The summed E-state index contributed by atoms with van der Waals surface area (Å²) in [7, 11) is 0. The van der Waals surface area contributed by atoms with Crippen molar-refractivity contribution in [1.82, 2.24) is 10.3 Å². The molecule has 1 aliphatic heterocycles. The molecule has 2 atom stereocenters. The van der Waals surface area contributed by atoms with E-state index < -0.39 is 0 Å². The van der Waals surface area contributed by atoms with Gasteiger partial charge in [-0.3, -0.25) is 15.1 Å². The number of ether oxygens (including phenoxy) is 1. The summed E-state index contributed by atoms with van der Waals surface area (Å²) in [6.45, 7) is 4.93. The number of nitrogens with one attached hydrogen (secondary N) is 1. The van der Waals surface area contributed by atoms with Crippen molar-refractivity contribution in [3.8, 4) is 0 Å². The second-order valence-electron chi connectivity index (χ2n) is 4.74. The van der Waals surface area contributed by atoms with Gasteiger partial charge in [-0.25, -0.2) is 5.84 Å². The molecule has 1 amide bonds. The molecule has 0 radical (unpaired) electrons. The summed E-state index contributed by atoms with van der Waals surface area (Å²) in [5.41, 5.74) is 2.16. The third-order valence-electron chi connectivity index (χ3n) is 3.41. The zero-order chi connectivity index (χ0) is 13.7. The third-order valence-corrected chi connectivity index (χ3v) is 4.27. The lowest BCUT2D eigenvalue weighted by atomic mass is 10.2. The first-order valence-corrected chi connectivity index (χ1v) is 7.51. The molecule has 2 rings (SSSR count). The van der Waals surface area contributed by atoms with E-state index in [1.165, 1.54) is 4.88 Å². The Morgan fingerprint density at radius 2 is 2.47 bits per heavy atom. The molecule has 6 heteroatoms. The fourth-order valence-corrected chi connectivity index (χ4v) is 3.09. The fourth-order valence-electron chi connectivity index (χ4n) is 2.34. The number of nitrogens with zero attached hydrogens (tertiary/aromatic N) is 1. The van der Waals surface area contributed by atoms with Crippen LogP contribution in [0.5, 0.6) is 0 Å². The van der Waals surface area contributed by atoms with E-state index in [9.17, 15) is 4.79 Å². The molecule has 3 N–H and O–H groups in total. The normalized spacial score (nSPS) is 22.9. The highest BCUT2D eigenvalue weighted by molar-refractivity contribution is 7.09. The van der Waals surface area contributed by atoms with Crippen molar-refractivity contribution in [2.45, 2.75) is 38.5 Å². The Balaban J connectivity index is 1.81. The first kappa shape index (κ1) is 14.5. The topological polar surface area (TPSA) is 67.6 Å². The van der Waals surface area contributed by atoms with Gasteiger partial charge in [-0.2, -0.15) is 0 Å².